The van der Waals surface area contributed by atoms with Gasteiger partial charge in [0.15, 0.2) is 0 Å². The number of benzene rings is 2. The number of nitrogens with one attached hydrogen (secondary N) is 1. The molecular formula is C26H32N4O2. The van der Waals surface area contributed by atoms with Gasteiger partial charge in [0, 0.05) is 23.1 Å². The van der Waals surface area contributed by atoms with Crippen LogP contribution >= 0.6 is 0 Å². The van der Waals surface area contributed by atoms with Gasteiger partial charge < -0.3 is 10.2 Å². The van der Waals surface area contributed by atoms with Crippen LogP contribution in [-0.4, -0.2) is 39.1 Å². The van der Waals surface area contributed by atoms with Gasteiger partial charge in [0.1, 0.15) is 12.4 Å². The molecule has 0 saturated heterocycles. The molecule has 0 aliphatic carbocycles. The first-order valence-electron chi connectivity index (χ1n) is 10.9. The Bertz CT molecular complexity index is 1090. The maximum absolute atomic E-state index is 13.1. The lowest BCUT2D eigenvalue weighted by atomic mass is 9.92. The fourth-order valence-corrected chi connectivity index (χ4v) is 3.40. The summed E-state index contributed by atoms with van der Waals surface area (Å²) in [6.45, 7) is 11.9. The van der Waals surface area contributed by atoms with Gasteiger partial charge in [-0.2, -0.15) is 5.10 Å². The molecule has 168 valence electrons. The highest BCUT2D eigenvalue weighted by Crippen LogP contribution is 2.26. The van der Waals surface area contributed by atoms with Gasteiger partial charge in [0.2, 0.25) is 5.91 Å². The molecule has 3 aromatic rings. The molecule has 6 heteroatoms. The predicted octanol–water partition coefficient (Wildman–Crippen LogP) is 4.97. The number of rotatable bonds is 6. The molecule has 0 spiro atoms. The number of carbonyl (C=O) groups is 2. The highest BCUT2D eigenvalue weighted by Gasteiger charge is 2.25. The number of aryl methyl sites for hydroxylation is 1. The summed E-state index contributed by atoms with van der Waals surface area (Å²) in [6, 6.07) is 18.9. The van der Waals surface area contributed by atoms with E-state index in [9.17, 15) is 9.59 Å². The van der Waals surface area contributed by atoms with Crippen LogP contribution in [0, 0.1) is 6.92 Å². The van der Waals surface area contributed by atoms with Crippen LogP contribution in [-0.2, 0) is 10.2 Å². The normalized spacial score (nSPS) is 11.5. The lowest BCUT2D eigenvalue weighted by Crippen LogP contribution is -2.42. The summed E-state index contributed by atoms with van der Waals surface area (Å²) in [5.41, 5.74) is 3.05. The highest BCUT2D eigenvalue weighted by molar-refractivity contribution is 6.00. The molecule has 6 nitrogen and oxygen atoms in total. The van der Waals surface area contributed by atoms with Crippen LogP contribution in [0.4, 0.5) is 5.82 Å². The topological polar surface area (TPSA) is 67.2 Å². The van der Waals surface area contributed by atoms with Crippen molar-refractivity contribution in [1.82, 2.24) is 14.7 Å². The summed E-state index contributed by atoms with van der Waals surface area (Å²) in [5.74, 6) is 0.163. The maximum Gasteiger partial charge on any atom is 0.254 e. The molecule has 0 aliphatic heterocycles. The molecule has 1 heterocycles. The number of anilines is 1. The van der Waals surface area contributed by atoms with Crippen LogP contribution in [0.5, 0.6) is 0 Å². The molecule has 0 unspecified atom stereocenters. The standard InChI is InChI=1S/C26H32N4O2/c1-18(2)29(25(32)21-15-11-10-12-19(21)3)17-24(31)27-23-16-22(26(4,5)6)28-30(23)20-13-8-7-9-14-20/h7-16,18H,17H2,1-6H3,(H,27,31). The van der Waals surface area contributed by atoms with Gasteiger partial charge in [-0.1, -0.05) is 57.2 Å². The van der Waals surface area contributed by atoms with E-state index in [1.165, 1.54) is 0 Å². The SMILES string of the molecule is Cc1ccccc1C(=O)N(CC(=O)Nc1cc(C(C)(C)C)nn1-c1ccccc1)C(C)C. The number of para-hydroxylation sites is 1. The van der Waals surface area contributed by atoms with E-state index in [2.05, 4.69) is 26.1 Å². The number of aromatic nitrogens is 2. The van der Waals surface area contributed by atoms with Gasteiger partial charge in [-0.15, -0.1) is 0 Å². The summed E-state index contributed by atoms with van der Waals surface area (Å²) in [4.78, 5) is 27.8. The van der Waals surface area contributed by atoms with E-state index in [1.807, 2.05) is 75.4 Å². The van der Waals surface area contributed by atoms with Crippen LogP contribution in [0.2, 0.25) is 0 Å². The van der Waals surface area contributed by atoms with Crippen molar-refractivity contribution in [1.29, 1.82) is 0 Å². The van der Waals surface area contributed by atoms with Crippen LogP contribution in [0.15, 0.2) is 60.7 Å². The summed E-state index contributed by atoms with van der Waals surface area (Å²) in [5, 5.41) is 7.71. The molecular weight excluding hydrogens is 400 g/mol. The van der Waals surface area contributed by atoms with Gasteiger partial charge in [-0.25, -0.2) is 4.68 Å². The van der Waals surface area contributed by atoms with Crippen molar-refractivity contribution in [3.63, 3.8) is 0 Å². The molecule has 1 aromatic heterocycles. The predicted molar refractivity (Wildman–Crippen MR) is 128 cm³/mol. The zero-order chi connectivity index (χ0) is 23.5. The van der Waals surface area contributed by atoms with Crippen molar-refractivity contribution in [2.45, 2.75) is 53.0 Å². The second-order valence-electron chi connectivity index (χ2n) is 9.30. The Kier molecular flexibility index (Phi) is 6.82. The zero-order valence-corrected chi connectivity index (χ0v) is 19.7. The molecule has 0 fully saturated rings. The van der Waals surface area contributed by atoms with Crippen molar-refractivity contribution in [3.8, 4) is 5.69 Å². The van der Waals surface area contributed by atoms with Gasteiger partial charge in [-0.05, 0) is 44.5 Å². The quantitative estimate of drug-likeness (QED) is 0.598. The number of hydrogen-bond donors (Lipinski definition) is 1. The summed E-state index contributed by atoms with van der Waals surface area (Å²) >= 11 is 0. The Balaban J connectivity index is 1.86. The van der Waals surface area contributed by atoms with Crippen molar-refractivity contribution in [3.05, 3.63) is 77.5 Å². The molecule has 0 aliphatic rings. The zero-order valence-electron chi connectivity index (χ0n) is 19.7. The average Bonchev–Trinajstić information content (AvgIpc) is 3.16. The Labute approximate surface area is 190 Å². The van der Waals surface area contributed by atoms with E-state index in [0.29, 0.717) is 11.4 Å². The summed E-state index contributed by atoms with van der Waals surface area (Å²) in [6.07, 6.45) is 0. The van der Waals surface area contributed by atoms with Crippen molar-refractivity contribution >= 4 is 17.6 Å². The fraction of sp³-hybridized carbons (Fsp3) is 0.346. The molecule has 3 rings (SSSR count). The van der Waals surface area contributed by atoms with Crippen LogP contribution < -0.4 is 5.32 Å². The third-order valence-corrected chi connectivity index (χ3v) is 5.32. The largest absolute Gasteiger partial charge is 0.327 e. The van der Waals surface area contributed by atoms with E-state index < -0.39 is 0 Å². The van der Waals surface area contributed by atoms with E-state index in [-0.39, 0.29) is 29.8 Å². The van der Waals surface area contributed by atoms with E-state index in [4.69, 9.17) is 5.10 Å². The lowest BCUT2D eigenvalue weighted by molar-refractivity contribution is -0.117. The number of nitrogens with zero attached hydrogens (tertiary/aromatic N) is 3. The van der Waals surface area contributed by atoms with Gasteiger partial charge in [0.05, 0.1) is 11.4 Å². The van der Waals surface area contributed by atoms with Crippen LogP contribution in [0.3, 0.4) is 0 Å². The Morgan fingerprint density at radius 2 is 1.66 bits per heavy atom. The minimum absolute atomic E-state index is 0.0460. The molecule has 0 saturated carbocycles. The molecule has 2 amide bonds. The highest BCUT2D eigenvalue weighted by atomic mass is 16.2. The first kappa shape index (κ1) is 23.3. The fourth-order valence-electron chi connectivity index (χ4n) is 3.40. The first-order chi connectivity index (χ1) is 15.1. The van der Waals surface area contributed by atoms with Gasteiger partial charge in [0.25, 0.3) is 5.91 Å². The molecule has 2 aromatic carbocycles. The van der Waals surface area contributed by atoms with E-state index in [0.717, 1.165) is 16.9 Å². The van der Waals surface area contributed by atoms with Gasteiger partial charge >= 0.3 is 0 Å². The average molecular weight is 433 g/mol. The smallest absolute Gasteiger partial charge is 0.254 e. The monoisotopic (exact) mass is 432 g/mol. The molecule has 0 radical (unpaired) electrons. The Hall–Kier alpha value is -3.41. The summed E-state index contributed by atoms with van der Waals surface area (Å²) in [7, 11) is 0. The summed E-state index contributed by atoms with van der Waals surface area (Å²) < 4.78 is 1.74. The second-order valence-corrected chi connectivity index (χ2v) is 9.30. The minimum Gasteiger partial charge on any atom is -0.327 e. The molecule has 0 atom stereocenters. The maximum atomic E-state index is 13.1. The molecule has 0 bridgehead atoms. The van der Waals surface area contributed by atoms with Crippen molar-refractivity contribution in [2.24, 2.45) is 0 Å². The van der Waals surface area contributed by atoms with Gasteiger partial charge in [-0.3, -0.25) is 9.59 Å². The van der Waals surface area contributed by atoms with Crippen molar-refractivity contribution < 1.29 is 9.59 Å². The lowest BCUT2D eigenvalue weighted by Gasteiger charge is -2.27. The second kappa shape index (κ2) is 9.39. The van der Waals surface area contributed by atoms with E-state index >= 15 is 0 Å². The van der Waals surface area contributed by atoms with Crippen LogP contribution in [0.1, 0.15) is 56.2 Å². The molecule has 32 heavy (non-hydrogen) atoms. The van der Waals surface area contributed by atoms with E-state index in [1.54, 1.807) is 15.6 Å². The van der Waals surface area contributed by atoms with Crippen LogP contribution in [0.25, 0.3) is 5.69 Å². The first-order valence-corrected chi connectivity index (χ1v) is 10.9. The molecule has 1 N–H and O–H groups in total. The third-order valence-electron chi connectivity index (χ3n) is 5.32. The van der Waals surface area contributed by atoms with Crippen molar-refractivity contribution in [2.75, 3.05) is 11.9 Å². The minimum atomic E-state index is -0.266. The number of amides is 2. The number of carbonyl (C=O) groups excluding carboxylic acids is 2. The third kappa shape index (κ3) is 5.25. The Morgan fingerprint density at radius 3 is 2.25 bits per heavy atom. The Morgan fingerprint density at radius 1 is 1.03 bits per heavy atom. The number of hydrogen-bond acceptors (Lipinski definition) is 3.